The van der Waals surface area contributed by atoms with E-state index in [0.717, 1.165) is 11.1 Å². The van der Waals surface area contributed by atoms with Crippen LogP contribution in [-0.4, -0.2) is 36.5 Å². The molecule has 0 aliphatic carbocycles. The molecule has 2 heterocycles. The third-order valence-electron chi connectivity index (χ3n) is 4.52. The number of aliphatic carboxylic acids is 1. The van der Waals surface area contributed by atoms with E-state index in [0.29, 0.717) is 11.2 Å². The summed E-state index contributed by atoms with van der Waals surface area (Å²) >= 11 is 0. The molecule has 2 aromatic carbocycles. The van der Waals surface area contributed by atoms with Crippen molar-refractivity contribution >= 4 is 28.6 Å². The predicted octanol–water partition coefficient (Wildman–Crippen LogP) is 3.14. The fourth-order valence-corrected chi connectivity index (χ4v) is 3.19. The summed E-state index contributed by atoms with van der Waals surface area (Å²) in [6.07, 6.45) is 5.89. The SMILES string of the molecule is O=C(O)CC(c1ccccc1)n1cnc2cc(NC(=O)c3cnccn3)ccc21. The van der Waals surface area contributed by atoms with E-state index < -0.39 is 12.0 Å². The summed E-state index contributed by atoms with van der Waals surface area (Å²) in [6, 6.07) is 14.3. The van der Waals surface area contributed by atoms with Gasteiger partial charge in [0.2, 0.25) is 0 Å². The number of fused-ring (bicyclic) bond motifs is 1. The van der Waals surface area contributed by atoms with Crippen molar-refractivity contribution in [2.45, 2.75) is 12.5 Å². The van der Waals surface area contributed by atoms with Gasteiger partial charge in [-0.05, 0) is 23.8 Å². The van der Waals surface area contributed by atoms with Crippen LogP contribution in [0.5, 0.6) is 0 Å². The van der Waals surface area contributed by atoms with E-state index >= 15 is 0 Å². The Kier molecular flexibility index (Phi) is 4.98. The number of carbonyl (C=O) groups excluding carboxylic acids is 1. The number of anilines is 1. The van der Waals surface area contributed by atoms with Crippen LogP contribution in [0, 0.1) is 0 Å². The third kappa shape index (κ3) is 3.96. The molecule has 1 unspecified atom stereocenters. The van der Waals surface area contributed by atoms with Gasteiger partial charge >= 0.3 is 5.97 Å². The minimum atomic E-state index is -0.895. The van der Waals surface area contributed by atoms with Crippen molar-refractivity contribution in [3.63, 3.8) is 0 Å². The summed E-state index contributed by atoms with van der Waals surface area (Å²) in [6.45, 7) is 0. The van der Waals surface area contributed by atoms with Gasteiger partial charge in [0.1, 0.15) is 5.69 Å². The van der Waals surface area contributed by atoms with Crippen LogP contribution in [0.15, 0.2) is 73.4 Å². The zero-order valence-electron chi connectivity index (χ0n) is 15.3. The maximum atomic E-state index is 12.3. The van der Waals surface area contributed by atoms with Crippen molar-refractivity contribution in [2.24, 2.45) is 0 Å². The van der Waals surface area contributed by atoms with E-state index in [1.54, 1.807) is 18.5 Å². The summed E-state index contributed by atoms with van der Waals surface area (Å²) < 4.78 is 1.84. The van der Waals surface area contributed by atoms with Crippen LogP contribution >= 0.6 is 0 Å². The Balaban J connectivity index is 1.65. The molecule has 29 heavy (non-hydrogen) atoms. The van der Waals surface area contributed by atoms with E-state index in [-0.39, 0.29) is 18.0 Å². The smallest absolute Gasteiger partial charge is 0.305 e. The number of amides is 1. The average molecular weight is 387 g/mol. The highest BCUT2D eigenvalue weighted by Gasteiger charge is 2.20. The average Bonchev–Trinajstić information content (AvgIpc) is 3.16. The van der Waals surface area contributed by atoms with Gasteiger partial charge in [-0.1, -0.05) is 30.3 Å². The summed E-state index contributed by atoms with van der Waals surface area (Å²) in [5, 5.41) is 12.1. The maximum absolute atomic E-state index is 12.3. The van der Waals surface area contributed by atoms with E-state index in [9.17, 15) is 14.7 Å². The molecule has 0 bridgehead atoms. The highest BCUT2D eigenvalue weighted by Crippen LogP contribution is 2.28. The van der Waals surface area contributed by atoms with E-state index in [1.165, 1.54) is 18.6 Å². The van der Waals surface area contributed by atoms with Gasteiger partial charge in [0.05, 0.1) is 36.0 Å². The summed E-state index contributed by atoms with van der Waals surface area (Å²) in [4.78, 5) is 36.0. The lowest BCUT2D eigenvalue weighted by Gasteiger charge is -2.18. The topological polar surface area (TPSA) is 110 Å². The standard InChI is InChI=1S/C21H17N5O3/c27-20(28)11-19(14-4-2-1-3-5-14)26-13-24-16-10-15(6-7-18(16)26)25-21(29)17-12-22-8-9-23-17/h1-10,12-13,19H,11H2,(H,25,29)(H,27,28). The number of aromatic nitrogens is 4. The van der Waals surface area contributed by atoms with Crippen LogP contribution in [0.4, 0.5) is 5.69 Å². The molecule has 1 atom stereocenters. The van der Waals surface area contributed by atoms with Gasteiger partial charge in [0, 0.05) is 18.1 Å². The molecule has 0 spiro atoms. The van der Waals surface area contributed by atoms with Crippen molar-refractivity contribution in [1.82, 2.24) is 19.5 Å². The van der Waals surface area contributed by atoms with Crippen LogP contribution in [0.25, 0.3) is 11.0 Å². The molecule has 2 aromatic heterocycles. The van der Waals surface area contributed by atoms with Gasteiger partial charge in [-0.2, -0.15) is 0 Å². The molecular formula is C21H17N5O3. The zero-order valence-corrected chi connectivity index (χ0v) is 15.3. The fraction of sp³-hybridized carbons (Fsp3) is 0.0952. The predicted molar refractivity (Wildman–Crippen MR) is 107 cm³/mol. The minimum Gasteiger partial charge on any atom is -0.481 e. The monoisotopic (exact) mass is 387 g/mol. The van der Waals surface area contributed by atoms with Crippen molar-refractivity contribution in [3.05, 3.63) is 84.7 Å². The molecule has 0 saturated carbocycles. The normalized spacial score (nSPS) is 11.9. The Morgan fingerprint density at radius 2 is 1.90 bits per heavy atom. The maximum Gasteiger partial charge on any atom is 0.305 e. The van der Waals surface area contributed by atoms with Crippen LogP contribution in [-0.2, 0) is 4.79 Å². The number of rotatable bonds is 6. The number of carboxylic acid groups (broad SMARTS) is 1. The number of benzene rings is 2. The van der Waals surface area contributed by atoms with E-state index in [2.05, 4.69) is 20.3 Å². The van der Waals surface area contributed by atoms with Gasteiger partial charge in [-0.3, -0.25) is 14.6 Å². The molecule has 8 heteroatoms. The molecule has 2 N–H and O–H groups in total. The molecular weight excluding hydrogens is 370 g/mol. The van der Waals surface area contributed by atoms with Crippen molar-refractivity contribution < 1.29 is 14.7 Å². The second kappa shape index (κ2) is 7.89. The molecule has 0 aliphatic rings. The zero-order chi connectivity index (χ0) is 20.2. The van der Waals surface area contributed by atoms with Gasteiger partial charge < -0.3 is 15.0 Å². The van der Waals surface area contributed by atoms with Gasteiger partial charge in [-0.15, -0.1) is 0 Å². The molecule has 0 fully saturated rings. The minimum absolute atomic E-state index is 0.0688. The second-order valence-corrected chi connectivity index (χ2v) is 6.42. The second-order valence-electron chi connectivity index (χ2n) is 6.42. The summed E-state index contributed by atoms with van der Waals surface area (Å²) in [7, 11) is 0. The first-order valence-corrected chi connectivity index (χ1v) is 8.92. The first-order valence-electron chi connectivity index (χ1n) is 8.92. The Bertz CT molecular complexity index is 1160. The Labute approximate surface area is 165 Å². The van der Waals surface area contributed by atoms with E-state index in [1.807, 2.05) is 41.0 Å². The Morgan fingerprint density at radius 1 is 1.07 bits per heavy atom. The highest BCUT2D eigenvalue weighted by atomic mass is 16.4. The number of imidazole rings is 1. The van der Waals surface area contributed by atoms with Crippen LogP contribution in [0.2, 0.25) is 0 Å². The molecule has 4 rings (SSSR count). The Hall–Kier alpha value is -4.07. The Morgan fingerprint density at radius 3 is 2.62 bits per heavy atom. The fourth-order valence-electron chi connectivity index (χ4n) is 3.19. The highest BCUT2D eigenvalue weighted by molar-refractivity contribution is 6.03. The first-order chi connectivity index (χ1) is 14.1. The summed E-state index contributed by atoms with van der Waals surface area (Å²) in [5.41, 5.74) is 3.08. The van der Waals surface area contributed by atoms with Crippen LogP contribution in [0.3, 0.4) is 0 Å². The molecule has 8 nitrogen and oxygen atoms in total. The number of hydrogen-bond donors (Lipinski definition) is 2. The molecule has 0 aliphatic heterocycles. The number of carboxylic acids is 1. The van der Waals surface area contributed by atoms with Crippen molar-refractivity contribution in [3.8, 4) is 0 Å². The van der Waals surface area contributed by atoms with Gasteiger partial charge in [0.25, 0.3) is 5.91 Å². The number of hydrogen-bond acceptors (Lipinski definition) is 5. The number of carbonyl (C=O) groups is 2. The third-order valence-corrected chi connectivity index (χ3v) is 4.52. The molecule has 144 valence electrons. The summed E-state index contributed by atoms with van der Waals surface area (Å²) in [5.74, 6) is -1.27. The first kappa shape index (κ1) is 18.3. The van der Waals surface area contributed by atoms with Gasteiger partial charge in [-0.25, -0.2) is 9.97 Å². The molecule has 1 amide bonds. The molecule has 4 aromatic rings. The molecule has 0 saturated heterocycles. The van der Waals surface area contributed by atoms with Gasteiger partial charge in [0.15, 0.2) is 0 Å². The lowest BCUT2D eigenvalue weighted by atomic mass is 10.0. The lowest BCUT2D eigenvalue weighted by molar-refractivity contribution is -0.137. The molecule has 0 radical (unpaired) electrons. The van der Waals surface area contributed by atoms with Crippen molar-refractivity contribution in [1.29, 1.82) is 0 Å². The van der Waals surface area contributed by atoms with E-state index in [4.69, 9.17) is 0 Å². The largest absolute Gasteiger partial charge is 0.481 e. The van der Waals surface area contributed by atoms with Crippen molar-refractivity contribution in [2.75, 3.05) is 5.32 Å². The van der Waals surface area contributed by atoms with Crippen LogP contribution < -0.4 is 5.32 Å². The quantitative estimate of drug-likeness (QED) is 0.526. The number of nitrogens with zero attached hydrogens (tertiary/aromatic N) is 4. The number of nitrogens with one attached hydrogen (secondary N) is 1. The lowest BCUT2D eigenvalue weighted by Crippen LogP contribution is -2.15. The van der Waals surface area contributed by atoms with Crippen LogP contribution in [0.1, 0.15) is 28.5 Å².